The molecule has 0 aromatic carbocycles. The number of anilines is 2. The zero-order valence-corrected chi connectivity index (χ0v) is 14.2. The number of amides is 2. The highest BCUT2D eigenvalue weighted by Gasteiger charge is 2.36. The maximum Gasteiger partial charge on any atom is 0.319 e. The lowest BCUT2D eigenvalue weighted by Gasteiger charge is -2.32. The Morgan fingerprint density at radius 1 is 1.04 bits per heavy atom. The summed E-state index contributed by atoms with van der Waals surface area (Å²) in [7, 11) is 0. The van der Waals surface area contributed by atoms with Crippen LogP contribution < -0.4 is 15.5 Å². The first-order valence-electron chi connectivity index (χ1n) is 9.32. The maximum absolute atomic E-state index is 12.3. The lowest BCUT2D eigenvalue weighted by molar-refractivity contribution is 0.180. The highest BCUT2D eigenvalue weighted by Crippen LogP contribution is 2.27. The predicted molar refractivity (Wildman–Crippen MR) is 95.5 cm³/mol. The highest BCUT2D eigenvalue weighted by molar-refractivity contribution is 5.89. The van der Waals surface area contributed by atoms with Crippen LogP contribution in [0.2, 0.25) is 0 Å². The fourth-order valence-corrected chi connectivity index (χ4v) is 4.34. The summed E-state index contributed by atoms with van der Waals surface area (Å²) in [4.78, 5) is 21.6. The zero-order valence-electron chi connectivity index (χ0n) is 14.2. The Morgan fingerprint density at radius 3 is 2.67 bits per heavy atom. The molecule has 6 heteroatoms. The highest BCUT2D eigenvalue weighted by atomic mass is 16.2. The van der Waals surface area contributed by atoms with Gasteiger partial charge in [-0.1, -0.05) is 6.42 Å². The van der Waals surface area contributed by atoms with Crippen LogP contribution in [0.25, 0.3) is 0 Å². The Labute approximate surface area is 143 Å². The molecule has 0 saturated carbocycles. The summed E-state index contributed by atoms with van der Waals surface area (Å²) in [6.07, 6.45) is 9.08. The number of hydrogen-bond donors (Lipinski definition) is 2. The molecule has 0 bridgehead atoms. The molecule has 1 aromatic rings. The fourth-order valence-electron chi connectivity index (χ4n) is 4.34. The Kier molecular flexibility index (Phi) is 4.56. The fraction of sp³-hybridized carbons (Fsp3) is 0.667. The third-order valence-electron chi connectivity index (χ3n) is 5.61. The molecule has 2 N–H and O–H groups in total. The van der Waals surface area contributed by atoms with Gasteiger partial charge in [0, 0.05) is 31.7 Å². The van der Waals surface area contributed by atoms with Gasteiger partial charge in [-0.25, -0.2) is 9.78 Å². The van der Waals surface area contributed by atoms with Gasteiger partial charge in [0.15, 0.2) is 0 Å². The minimum atomic E-state index is -0.108. The van der Waals surface area contributed by atoms with E-state index < -0.39 is 0 Å². The van der Waals surface area contributed by atoms with Crippen LogP contribution in [0.1, 0.15) is 38.5 Å². The number of hydrogen-bond acceptors (Lipinski definition) is 4. The number of nitrogens with zero attached hydrogens (tertiary/aromatic N) is 3. The van der Waals surface area contributed by atoms with E-state index in [4.69, 9.17) is 0 Å². The molecule has 3 aliphatic rings. The molecule has 0 unspecified atom stereocenters. The van der Waals surface area contributed by atoms with Gasteiger partial charge in [-0.3, -0.25) is 4.90 Å². The van der Waals surface area contributed by atoms with Gasteiger partial charge in [-0.2, -0.15) is 0 Å². The van der Waals surface area contributed by atoms with Crippen molar-refractivity contribution in [1.82, 2.24) is 15.2 Å². The zero-order chi connectivity index (χ0) is 16.4. The molecule has 130 valence electrons. The van der Waals surface area contributed by atoms with Crippen molar-refractivity contribution in [3.63, 3.8) is 0 Å². The largest absolute Gasteiger partial charge is 0.357 e. The molecule has 3 aliphatic heterocycles. The average Bonchev–Trinajstić information content (AvgIpc) is 3.26. The first-order chi connectivity index (χ1) is 11.8. The van der Waals surface area contributed by atoms with Crippen molar-refractivity contribution >= 4 is 17.5 Å². The third-order valence-corrected chi connectivity index (χ3v) is 5.61. The molecular weight excluding hydrogens is 302 g/mol. The summed E-state index contributed by atoms with van der Waals surface area (Å²) in [6.45, 7) is 4.47. The number of urea groups is 1. The van der Waals surface area contributed by atoms with Gasteiger partial charge in [-0.05, 0) is 50.8 Å². The molecule has 6 nitrogen and oxygen atoms in total. The van der Waals surface area contributed by atoms with Crippen molar-refractivity contribution in [3.8, 4) is 0 Å². The predicted octanol–water partition coefficient (Wildman–Crippen LogP) is 2.43. The van der Waals surface area contributed by atoms with Gasteiger partial charge >= 0.3 is 6.03 Å². The van der Waals surface area contributed by atoms with Gasteiger partial charge in [0.1, 0.15) is 5.82 Å². The lowest BCUT2D eigenvalue weighted by atomic mass is 9.99. The van der Waals surface area contributed by atoms with Crippen molar-refractivity contribution < 1.29 is 4.79 Å². The van der Waals surface area contributed by atoms with E-state index in [-0.39, 0.29) is 12.1 Å². The summed E-state index contributed by atoms with van der Waals surface area (Å²) in [5.74, 6) is 1.01. The number of fused-ring (bicyclic) bond motifs is 1. The normalized spacial score (nSPS) is 27.1. The molecule has 4 rings (SSSR count). The van der Waals surface area contributed by atoms with E-state index in [1.807, 2.05) is 12.1 Å². The van der Waals surface area contributed by atoms with Crippen LogP contribution in [-0.4, -0.2) is 54.2 Å². The number of piperidine rings is 1. The summed E-state index contributed by atoms with van der Waals surface area (Å²) in [6, 6.07) is 4.65. The van der Waals surface area contributed by atoms with Crippen LogP contribution in [0, 0.1) is 0 Å². The molecule has 2 atom stereocenters. The molecule has 0 radical (unpaired) electrons. The van der Waals surface area contributed by atoms with Gasteiger partial charge in [0.25, 0.3) is 0 Å². The van der Waals surface area contributed by atoms with E-state index in [1.54, 1.807) is 6.20 Å². The van der Waals surface area contributed by atoms with Crippen molar-refractivity contribution in [1.29, 1.82) is 0 Å². The average molecular weight is 329 g/mol. The quantitative estimate of drug-likeness (QED) is 0.894. The second-order valence-electron chi connectivity index (χ2n) is 7.19. The van der Waals surface area contributed by atoms with Gasteiger partial charge in [0.05, 0.1) is 11.9 Å². The standard InChI is InChI=1S/C18H27N5O/c24-18(21-15-8-12-22-9-2-1-5-16(15)22)20-14-6-7-17(19-13-14)23-10-3-4-11-23/h6-7,13,15-16H,1-5,8-12H2,(H2,20,21,24)/t15-,16-/m1/s1. The van der Waals surface area contributed by atoms with Crippen LogP contribution in [-0.2, 0) is 0 Å². The molecule has 3 saturated heterocycles. The molecule has 1 aromatic heterocycles. The lowest BCUT2D eigenvalue weighted by Crippen LogP contribution is -2.47. The second-order valence-corrected chi connectivity index (χ2v) is 7.19. The van der Waals surface area contributed by atoms with E-state index in [9.17, 15) is 4.79 Å². The van der Waals surface area contributed by atoms with Crippen molar-refractivity contribution in [2.75, 3.05) is 36.4 Å². The molecule has 0 spiro atoms. The maximum atomic E-state index is 12.3. The second kappa shape index (κ2) is 6.97. The number of rotatable bonds is 3. The Balaban J connectivity index is 1.31. The topological polar surface area (TPSA) is 60.5 Å². The minimum absolute atomic E-state index is 0.108. The molecule has 24 heavy (non-hydrogen) atoms. The van der Waals surface area contributed by atoms with E-state index >= 15 is 0 Å². The van der Waals surface area contributed by atoms with Crippen LogP contribution in [0.15, 0.2) is 18.3 Å². The first kappa shape index (κ1) is 15.7. The van der Waals surface area contributed by atoms with Crippen LogP contribution in [0.4, 0.5) is 16.3 Å². The van der Waals surface area contributed by atoms with E-state index in [0.29, 0.717) is 6.04 Å². The number of carbonyl (C=O) groups excluding carboxylic acids is 1. The summed E-state index contributed by atoms with van der Waals surface area (Å²) < 4.78 is 0. The number of aromatic nitrogens is 1. The Hall–Kier alpha value is -1.82. The third kappa shape index (κ3) is 3.34. The molecular formula is C18H27N5O. The Bertz CT molecular complexity index is 569. The van der Waals surface area contributed by atoms with Crippen molar-refractivity contribution in [2.45, 2.75) is 50.6 Å². The Morgan fingerprint density at radius 2 is 1.88 bits per heavy atom. The van der Waals surface area contributed by atoms with E-state index in [2.05, 4.69) is 25.4 Å². The number of pyridine rings is 1. The summed E-state index contributed by atoms with van der Waals surface area (Å²) in [5, 5.41) is 6.10. The molecule has 0 aliphatic carbocycles. The van der Waals surface area contributed by atoms with Gasteiger partial charge < -0.3 is 15.5 Å². The van der Waals surface area contributed by atoms with Crippen molar-refractivity contribution in [2.24, 2.45) is 0 Å². The van der Waals surface area contributed by atoms with Crippen LogP contribution in [0.3, 0.4) is 0 Å². The molecule has 4 heterocycles. The van der Waals surface area contributed by atoms with E-state index in [0.717, 1.165) is 37.6 Å². The van der Waals surface area contributed by atoms with Gasteiger partial charge in [-0.15, -0.1) is 0 Å². The number of nitrogens with one attached hydrogen (secondary N) is 2. The van der Waals surface area contributed by atoms with Crippen molar-refractivity contribution in [3.05, 3.63) is 18.3 Å². The SMILES string of the molecule is O=C(Nc1ccc(N2CCCC2)nc1)N[C@@H]1CCN2CCCC[C@H]12. The van der Waals surface area contributed by atoms with Gasteiger partial charge in [0.2, 0.25) is 0 Å². The van der Waals surface area contributed by atoms with Crippen LogP contribution >= 0.6 is 0 Å². The monoisotopic (exact) mass is 329 g/mol. The van der Waals surface area contributed by atoms with Crippen LogP contribution in [0.5, 0.6) is 0 Å². The van der Waals surface area contributed by atoms with E-state index in [1.165, 1.54) is 38.6 Å². The molecule has 3 fully saturated rings. The molecule has 2 amide bonds. The minimum Gasteiger partial charge on any atom is -0.357 e. The smallest absolute Gasteiger partial charge is 0.319 e. The first-order valence-corrected chi connectivity index (χ1v) is 9.32. The summed E-state index contributed by atoms with van der Waals surface area (Å²) in [5.41, 5.74) is 0.758. The number of carbonyl (C=O) groups is 1. The summed E-state index contributed by atoms with van der Waals surface area (Å²) >= 11 is 0.